The summed E-state index contributed by atoms with van der Waals surface area (Å²) < 4.78 is 10.1. The summed E-state index contributed by atoms with van der Waals surface area (Å²) in [4.78, 5) is 40.3. The Kier molecular flexibility index (Phi) is 6.91. The van der Waals surface area contributed by atoms with Crippen LogP contribution in [-0.2, 0) is 20.9 Å². The zero-order chi connectivity index (χ0) is 19.9. The summed E-state index contributed by atoms with van der Waals surface area (Å²) in [7, 11) is 0. The lowest BCUT2D eigenvalue weighted by molar-refractivity contribution is -0.134. The van der Waals surface area contributed by atoms with Gasteiger partial charge < -0.3 is 24.7 Å². The molecule has 0 spiro atoms. The number of likely N-dealkylation sites (tertiary alicyclic amines) is 1. The summed E-state index contributed by atoms with van der Waals surface area (Å²) >= 11 is 0. The first-order valence-electron chi connectivity index (χ1n) is 9.80. The molecular weight excluding hydrogens is 364 g/mol. The molecule has 0 aromatic carbocycles. The molecule has 0 aliphatic carbocycles. The molecule has 1 atom stereocenters. The number of furan rings is 1. The molecular formula is C19H28N4O5. The molecule has 0 radical (unpaired) electrons. The predicted molar refractivity (Wildman–Crippen MR) is 100 cm³/mol. The molecule has 154 valence electrons. The van der Waals surface area contributed by atoms with Crippen molar-refractivity contribution in [2.45, 2.75) is 44.8 Å². The number of ether oxygens (including phenoxy) is 1. The van der Waals surface area contributed by atoms with E-state index in [1.54, 1.807) is 24.3 Å². The number of hydrogen-bond acceptors (Lipinski definition) is 6. The first kappa shape index (κ1) is 20.2. The fourth-order valence-electron chi connectivity index (χ4n) is 3.67. The van der Waals surface area contributed by atoms with Crippen LogP contribution in [0.25, 0.3) is 0 Å². The minimum Gasteiger partial charge on any atom is -0.472 e. The molecule has 1 aromatic heterocycles. The highest BCUT2D eigenvalue weighted by Gasteiger charge is 2.33. The van der Waals surface area contributed by atoms with E-state index in [-0.39, 0.29) is 30.4 Å². The molecule has 2 aliphatic rings. The van der Waals surface area contributed by atoms with Crippen LogP contribution in [0, 0.1) is 0 Å². The van der Waals surface area contributed by atoms with Gasteiger partial charge in [0.2, 0.25) is 11.8 Å². The van der Waals surface area contributed by atoms with Gasteiger partial charge in [-0.2, -0.15) is 0 Å². The number of carbonyl (C=O) groups excluding carboxylic acids is 3. The third-order valence-electron chi connectivity index (χ3n) is 5.17. The van der Waals surface area contributed by atoms with Crippen molar-refractivity contribution >= 4 is 17.9 Å². The Bertz CT molecular complexity index is 670. The highest BCUT2D eigenvalue weighted by molar-refractivity contribution is 5.88. The van der Waals surface area contributed by atoms with E-state index in [1.807, 2.05) is 11.0 Å². The van der Waals surface area contributed by atoms with Crippen molar-refractivity contribution in [3.8, 4) is 0 Å². The summed E-state index contributed by atoms with van der Waals surface area (Å²) in [6.45, 7) is 5.07. The van der Waals surface area contributed by atoms with Crippen LogP contribution >= 0.6 is 0 Å². The van der Waals surface area contributed by atoms with E-state index in [0.717, 1.165) is 5.56 Å². The van der Waals surface area contributed by atoms with Crippen LogP contribution in [0.3, 0.4) is 0 Å². The molecule has 3 rings (SSSR count). The van der Waals surface area contributed by atoms with Crippen LogP contribution < -0.4 is 10.6 Å². The lowest BCUT2D eigenvalue weighted by Gasteiger charge is -2.35. The first-order chi connectivity index (χ1) is 13.6. The Morgan fingerprint density at radius 2 is 2.11 bits per heavy atom. The van der Waals surface area contributed by atoms with Crippen molar-refractivity contribution in [2.75, 3.05) is 32.8 Å². The standard InChI is InChI=1S/C19H28N4O5/c1-2-28-19(26)22-7-3-15(4-8-22)21-17(24)11-16-18(25)20-6-9-23(16)12-14-5-10-27-13-14/h5,10,13,15-16H,2-4,6-9,11-12H2,1H3,(H,20,25)(H,21,24). The first-order valence-corrected chi connectivity index (χ1v) is 9.80. The SMILES string of the molecule is CCOC(=O)N1CCC(NC(=O)CC2C(=O)NCCN2Cc2ccoc2)CC1. The molecule has 2 fully saturated rings. The molecule has 0 saturated carbocycles. The third kappa shape index (κ3) is 5.25. The van der Waals surface area contributed by atoms with E-state index >= 15 is 0 Å². The van der Waals surface area contributed by atoms with Gasteiger partial charge >= 0.3 is 6.09 Å². The molecule has 9 heteroatoms. The molecule has 1 aromatic rings. The van der Waals surface area contributed by atoms with Gasteiger partial charge in [0.05, 0.1) is 31.6 Å². The van der Waals surface area contributed by atoms with E-state index in [1.165, 1.54) is 0 Å². The number of piperidine rings is 1. The Morgan fingerprint density at radius 1 is 1.32 bits per heavy atom. The van der Waals surface area contributed by atoms with Crippen molar-refractivity contribution in [1.82, 2.24) is 20.4 Å². The van der Waals surface area contributed by atoms with Crippen LogP contribution in [0.4, 0.5) is 4.79 Å². The Morgan fingerprint density at radius 3 is 2.79 bits per heavy atom. The van der Waals surface area contributed by atoms with Crippen LogP contribution in [0.2, 0.25) is 0 Å². The predicted octanol–water partition coefficient (Wildman–Crippen LogP) is 0.707. The maximum absolute atomic E-state index is 12.5. The topological polar surface area (TPSA) is 104 Å². The normalized spacial score (nSPS) is 21.2. The second-order valence-electron chi connectivity index (χ2n) is 7.14. The number of rotatable bonds is 6. The zero-order valence-electron chi connectivity index (χ0n) is 16.2. The van der Waals surface area contributed by atoms with Crippen molar-refractivity contribution < 1.29 is 23.5 Å². The van der Waals surface area contributed by atoms with E-state index in [0.29, 0.717) is 52.2 Å². The Labute approximate surface area is 164 Å². The van der Waals surface area contributed by atoms with Crippen LogP contribution in [-0.4, -0.2) is 72.6 Å². The number of carbonyl (C=O) groups is 3. The largest absolute Gasteiger partial charge is 0.472 e. The highest BCUT2D eigenvalue weighted by Crippen LogP contribution is 2.16. The van der Waals surface area contributed by atoms with Gasteiger partial charge in [-0.05, 0) is 25.8 Å². The lowest BCUT2D eigenvalue weighted by atomic mass is 10.0. The van der Waals surface area contributed by atoms with Crippen LogP contribution in [0.1, 0.15) is 31.7 Å². The van der Waals surface area contributed by atoms with Gasteiger partial charge in [0.25, 0.3) is 0 Å². The quantitative estimate of drug-likeness (QED) is 0.739. The highest BCUT2D eigenvalue weighted by atomic mass is 16.6. The summed E-state index contributed by atoms with van der Waals surface area (Å²) in [6, 6.07) is 1.37. The van der Waals surface area contributed by atoms with Crippen molar-refractivity contribution in [1.29, 1.82) is 0 Å². The van der Waals surface area contributed by atoms with Crippen LogP contribution in [0.5, 0.6) is 0 Å². The van der Waals surface area contributed by atoms with Gasteiger partial charge in [-0.15, -0.1) is 0 Å². The average Bonchev–Trinajstić information content (AvgIpc) is 3.18. The summed E-state index contributed by atoms with van der Waals surface area (Å²) in [5.41, 5.74) is 0.978. The number of nitrogens with one attached hydrogen (secondary N) is 2. The molecule has 9 nitrogen and oxygen atoms in total. The maximum atomic E-state index is 12.5. The van der Waals surface area contributed by atoms with Gasteiger partial charge in [-0.3, -0.25) is 14.5 Å². The van der Waals surface area contributed by atoms with E-state index < -0.39 is 6.04 Å². The molecule has 28 heavy (non-hydrogen) atoms. The van der Waals surface area contributed by atoms with Gasteiger partial charge in [-0.1, -0.05) is 0 Å². The van der Waals surface area contributed by atoms with Crippen molar-refractivity contribution in [3.63, 3.8) is 0 Å². The molecule has 2 N–H and O–H groups in total. The van der Waals surface area contributed by atoms with Gasteiger partial charge in [0.1, 0.15) is 0 Å². The second-order valence-corrected chi connectivity index (χ2v) is 7.14. The summed E-state index contributed by atoms with van der Waals surface area (Å²) in [5, 5.41) is 5.85. The fraction of sp³-hybridized carbons (Fsp3) is 0.632. The number of hydrogen-bond donors (Lipinski definition) is 2. The molecule has 2 saturated heterocycles. The number of piperazine rings is 1. The number of amides is 3. The zero-order valence-corrected chi connectivity index (χ0v) is 16.2. The molecule has 0 bridgehead atoms. The fourth-order valence-corrected chi connectivity index (χ4v) is 3.67. The van der Waals surface area contributed by atoms with Gasteiger partial charge in [-0.25, -0.2) is 4.79 Å². The lowest BCUT2D eigenvalue weighted by Crippen LogP contribution is -2.56. The van der Waals surface area contributed by atoms with E-state index in [9.17, 15) is 14.4 Å². The molecule has 3 heterocycles. The molecule has 1 unspecified atom stereocenters. The minimum atomic E-state index is -0.497. The summed E-state index contributed by atoms with van der Waals surface area (Å²) in [5.74, 6) is -0.268. The van der Waals surface area contributed by atoms with E-state index in [4.69, 9.17) is 9.15 Å². The maximum Gasteiger partial charge on any atom is 0.409 e. The molecule has 2 aliphatic heterocycles. The second kappa shape index (κ2) is 9.59. The van der Waals surface area contributed by atoms with Gasteiger partial charge in [0, 0.05) is 44.3 Å². The van der Waals surface area contributed by atoms with Crippen molar-refractivity contribution in [3.05, 3.63) is 24.2 Å². The minimum absolute atomic E-state index is 0.00662. The third-order valence-corrected chi connectivity index (χ3v) is 5.17. The molecule has 3 amide bonds. The van der Waals surface area contributed by atoms with Gasteiger partial charge in [0.15, 0.2) is 0 Å². The van der Waals surface area contributed by atoms with Crippen molar-refractivity contribution in [2.24, 2.45) is 0 Å². The monoisotopic (exact) mass is 392 g/mol. The summed E-state index contributed by atoms with van der Waals surface area (Å²) in [6.07, 6.45) is 4.42. The van der Waals surface area contributed by atoms with Crippen LogP contribution in [0.15, 0.2) is 23.0 Å². The average molecular weight is 392 g/mol. The Hall–Kier alpha value is -2.55. The number of nitrogens with zero attached hydrogens (tertiary/aromatic N) is 2. The van der Waals surface area contributed by atoms with E-state index in [2.05, 4.69) is 10.6 Å². The smallest absolute Gasteiger partial charge is 0.409 e. The Balaban J connectivity index is 1.49.